The Morgan fingerprint density at radius 3 is 2.27 bits per heavy atom. The monoisotopic (exact) mass is 549 g/mol. The first kappa shape index (κ1) is 27.5. The van der Waals surface area contributed by atoms with Crippen molar-refractivity contribution in [1.82, 2.24) is 19.4 Å². The topological polar surface area (TPSA) is 44.6 Å². The predicted molar refractivity (Wildman–Crippen MR) is 168 cm³/mol. The van der Waals surface area contributed by atoms with Crippen LogP contribution in [0.1, 0.15) is 64.8 Å². The number of anilines is 1. The maximum atomic E-state index is 13.8. The van der Waals surface area contributed by atoms with Crippen LogP contribution in [-0.4, -0.2) is 65.0 Å². The molecule has 1 saturated heterocycles. The van der Waals surface area contributed by atoms with Crippen molar-refractivity contribution in [3.05, 3.63) is 93.8 Å². The molecule has 214 valence electrons. The molecule has 2 aliphatic rings. The van der Waals surface area contributed by atoms with E-state index >= 15 is 0 Å². The lowest BCUT2D eigenvalue weighted by Gasteiger charge is -2.33. The van der Waals surface area contributed by atoms with E-state index in [0.717, 1.165) is 69.0 Å². The highest BCUT2D eigenvalue weighted by Crippen LogP contribution is 2.36. The van der Waals surface area contributed by atoms with Crippen LogP contribution >= 0.6 is 0 Å². The Kier molecular flexibility index (Phi) is 7.14. The molecule has 2 aromatic heterocycles. The summed E-state index contributed by atoms with van der Waals surface area (Å²) in [4.78, 5) is 25.6. The number of rotatable bonds is 4. The van der Waals surface area contributed by atoms with Gasteiger partial charge in [-0.15, -0.1) is 0 Å². The van der Waals surface area contributed by atoms with Gasteiger partial charge in [0.15, 0.2) is 5.82 Å². The third-order valence-corrected chi connectivity index (χ3v) is 9.20. The fourth-order valence-electron chi connectivity index (χ4n) is 6.31. The summed E-state index contributed by atoms with van der Waals surface area (Å²) in [6.07, 6.45) is 0.975. The average molecular weight is 550 g/mol. The lowest BCUT2D eigenvalue weighted by molar-refractivity contribution is 0.0658. The molecule has 4 aromatic rings. The molecule has 1 amide bonds. The summed E-state index contributed by atoms with van der Waals surface area (Å²) in [5.41, 5.74) is 9.63. The van der Waals surface area contributed by atoms with E-state index in [0.29, 0.717) is 5.69 Å². The first-order chi connectivity index (χ1) is 19.6. The van der Waals surface area contributed by atoms with E-state index in [1.54, 1.807) is 0 Å². The third-order valence-electron chi connectivity index (χ3n) is 9.20. The average Bonchev–Trinajstić information content (AvgIpc) is 3.21. The van der Waals surface area contributed by atoms with Gasteiger partial charge in [-0.3, -0.25) is 4.79 Å². The Balaban J connectivity index is 1.46. The van der Waals surface area contributed by atoms with Crippen LogP contribution in [0.3, 0.4) is 0 Å². The second-order valence-electron chi connectivity index (χ2n) is 13.0. The fourth-order valence-corrected chi connectivity index (χ4v) is 6.31. The molecule has 6 rings (SSSR count). The number of hydrogen-bond donors (Lipinski definition) is 0. The number of nitrogens with zero attached hydrogens (tertiary/aromatic N) is 5. The number of amides is 1. The fraction of sp³-hybridized carbons (Fsp3) is 0.429. The van der Waals surface area contributed by atoms with Gasteiger partial charge >= 0.3 is 0 Å². The zero-order valence-corrected chi connectivity index (χ0v) is 25.5. The highest BCUT2D eigenvalue weighted by molar-refractivity contribution is 6.01. The first-order valence-electron chi connectivity index (χ1n) is 15.0. The van der Waals surface area contributed by atoms with Crippen molar-refractivity contribution in [2.24, 2.45) is 0 Å². The van der Waals surface area contributed by atoms with Crippen molar-refractivity contribution in [2.45, 2.75) is 59.5 Å². The summed E-state index contributed by atoms with van der Waals surface area (Å²) < 4.78 is 2.42. The molecule has 0 spiro atoms. The Morgan fingerprint density at radius 2 is 1.59 bits per heavy atom. The molecule has 0 saturated carbocycles. The number of likely N-dealkylation sites (N-methyl/N-ethyl adjacent to an activating group) is 1. The van der Waals surface area contributed by atoms with Crippen LogP contribution in [-0.2, 0) is 24.9 Å². The van der Waals surface area contributed by atoms with E-state index in [1.807, 2.05) is 4.90 Å². The zero-order chi connectivity index (χ0) is 28.9. The highest BCUT2D eigenvalue weighted by Gasteiger charge is 2.28. The number of benzene rings is 2. The van der Waals surface area contributed by atoms with Gasteiger partial charge in [0, 0.05) is 56.9 Å². The smallest absolute Gasteiger partial charge is 0.272 e. The standard InChI is InChI=1S/C35H43N5O/c1-24-25(2)40(22-26-11-13-29(14-12-26)35(3,4)5)32-30(24)21-31(34(41)38-19-17-37(6)18-20-38)36-33(32)39-16-15-27-9-7-8-10-28(27)23-39/h7-14,21H,15-20,22-23H2,1-6H3. The zero-order valence-electron chi connectivity index (χ0n) is 25.5. The van der Waals surface area contributed by atoms with E-state index in [4.69, 9.17) is 4.98 Å². The third kappa shape index (κ3) is 5.26. The second-order valence-corrected chi connectivity index (χ2v) is 13.0. The molecule has 2 aromatic carbocycles. The molecule has 0 radical (unpaired) electrons. The SMILES string of the molecule is Cc1c(C)n(Cc2ccc(C(C)(C)C)cc2)c2c(N3CCc4ccccc4C3)nc(C(=O)N3CCN(C)CC3)cc12. The number of hydrogen-bond acceptors (Lipinski definition) is 4. The molecule has 0 N–H and O–H groups in total. The summed E-state index contributed by atoms with van der Waals surface area (Å²) in [6, 6.07) is 19.8. The maximum Gasteiger partial charge on any atom is 0.272 e. The minimum absolute atomic E-state index is 0.0428. The van der Waals surface area contributed by atoms with Crippen molar-refractivity contribution >= 4 is 22.6 Å². The van der Waals surface area contributed by atoms with Gasteiger partial charge in [-0.05, 0) is 66.6 Å². The van der Waals surface area contributed by atoms with E-state index in [-0.39, 0.29) is 11.3 Å². The summed E-state index contributed by atoms with van der Waals surface area (Å²) in [5, 5.41) is 1.13. The molecule has 6 nitrogen and oxygen atoms in total. The normalized spacial score (nSPS) is 16.3. The lowest BCUT2D eigenvalue weighted by atomic mass is 9.87. The molecular weight excluding hydrogens is 506 g/mol. The summed E-state index contributed by atoms with van der Waals surface area (Å²) in [7, 11) is 2.12. The van der Waals surface area contributed by atoms with Crippen molar-refractivity contribution in [3.8, 4) is 0 Å². The number of piperazine rings is 1. The van der Waals surface area contributed by atoms with Crippen molar-refractivity contribution in [3.63, 3.8) is 0 Å². The molecule has 6 heteroatoms. The minimum atomic E-state index is 0.0428. The van der Waals surface area contributed by atoms with Crippen LogP contribution < -0.4 is 4.90 Å². The van der Waals surface area contributed by atoms with Gasteiger partial charge in [-0.25, -0.2) is 4.98 Å². The second kappa shape index (κ2) is 10.6. The number of carbonyl (C=O) groups excluding carboxylic acids is 1. The quantitative estimate of drug-likeness (QED) is 0.316. The molecule has 2 aliphatic heterocycles. The number of carbonyl (C=O) groups is 1. The Morgan fingerprint density at radius 1 is 0.902 bits per heavy atom. The van der Waals surface area contributed by atoms with E-state index in [1.165, 1.54) is 33.5 Å². The number of pyridine rings is 1. The van der Waals surface area contributed by atoms with E-state index in [9.17, 15) is 4.79 Å². The number of aryl methyl sites for hydroxylation is 1. The minimum Gasteiger partial charge on any atom is -0.350 e. The van der Waals surface area contributed by atoms with Gasteiger partial charge < -0.3 is 19.3 Å². The van der Waals surface area contributed by atoms with Crippen LogP contribution in [0.5, 0.6) is 0 Å². The van der Waals surface area contributed by atoms with Gasteiger partial charge in [0.1, 0.15) is 5.69 Å². The van der Waals surface area contributed by atoms with Crippen LogP contribution in [0.25, 0.3) is 10.9 Å². The molecule has 0 atom stereocenters. The first-order valence-corrected chi connectivity index (χ1v) is 15.0. The van der Waals surface area contributed by atoms with Gasteiger partial charge in [0.2, 0.25) is 0 Å². The molecule has 41 heavy (non-hydrogen) atoms. The van der Waals surface area contributed by atoms with Crippen molar-refractivity contribution in [1.29, 1.82) is 0 Å². The van der Waals surface area contributed by atoms with Crippen molar-refractivity contribution < 1.29 is 4.79 Å². The molecular formula is C35H43N5O. The van der Waals surface area contributed by atoms with Crippen LogP contribution in [0.4, 0.5) is 5.82 Å². The Bertz CT molecular complexity index is 1590. The largest absolute Gasteiger partial charge is 0.350 e. The predicted octanol–water partition coefficient (Wildman–Crippen LogP) is 5.95. The Labute approximate surface area is 244 Å². The van der Waals surface area contributed by atoms with Crippen LogP contribution in [0, 0.1) is 13.8 Å². The molecule has 0 aliphatic carbocycles. The van der Waals surface area contributed by atoms with Crippen LogP contribution in [0.15, 0.2) is 54.6 Å². The summed E-state index contributed by atoms with van der Waals surface area (Å²) in [6.45, 7) is 16.9. The molecule has 0 bridgehead atoms. The van der Waals surface area contributed by atoms with E-state index < -0.39 is 0 Å². The maximum absolute atomic E-state index is 13.8. The van der Waals surface area contributed by atoms with Gasteiger partial charge in [0.25, 0.3) is 5.91 Å². The lowest BCUT2D eigenvalue weighted by Crippen LogP contribution is -2.47. The van der Waals surface area contributed by atoms with Crippen molar-refractivity contribution in [2.75, 3.05) is 44.7 Å². The summed E-state index contributed by atoms with van der Waals surface area (Å²) >= 11 is 0. The van der Waals surface area contributed by atoms with Crippen LogP contribution in [0.2, 0.25) is 0 Å². The Hall–Kier alpha value is -3.64. The van der Waals surface area contributed by atoms with Gasteiger partial charge in [-0.2, -0.15) is 0 Å². The molecule has 1 fully saturated rings. The molecule has 4 heterocycles. The van der Waals surface area contributed by atoms with Gasteiger partial charge in [0.05, 0.1) is 5.52 Å². The summed E-state index contributed by atoms with van der Waals surface area (Å²) in [5.74, 6) is 0.971. The number of aromatic nitrogens is 2. The molecule has 0 unspecified atom stereocenters. The highest BCUT2D eigenvalue weighted by atomic mass is 16.2. The number of fused-ring (bicyclic) bond motifs is 2. The van der Waals surface area contributed by atoms with Gasteiger partial charge in [-0.1, -0.05) is 69.3 Å². The van der Waals surface area contributed by atoms with E-state index in [2.05, 4.69) is 111 Å².